The Morgan fingerprint density at radius 1 is 1.20 bits per heavy atom. The van der Waals surface area contributed by atoms with Gasteiger partial charge in [-0.25, -0.2) is 9.38 Å². The van der Waals surface area contributed by atoms with Crippen LogP contribution in [0.2, 0.25) is 0 Å². The fourth-order valence-electron chi connectivity index (χ4n) is 3.47. The predicted molar refractivity (Wildman–Crippen MR) is 116 cm³/mol. The van der Waals surface area contributed by atoms with Crippen LogP contribution in [0.3, 0.4) is 0 Å². The minimum atomic E-state index is -0.477. The Labute approximate surface area is 176 Å². The van der Waals surface area contributed by atoms with Crippen LogP contribution in [0.1, 0.15) is 55.1 Å². The summed E-state index contributed by atoms with van der Waals surface area (Å²) in [5, 5.41) is 0. The fraction of sp³-hybridized carbons (Fsp3) is 0.375. The molecule has 6 heteroatoms. The van der Waals surface area contributed by atoms with Crippen LogP contribution in [0.5, 0.6) is 0 Å². The molecular weight excluding hydrogens is 381 g/mol. The second kappa shape index (κ2) is 8.78. The standard InChI is InChI=1S/C24H28FN3O2/c1-16(2)24(3)14-22(30)28(23(26)27-24)15-18-7-10-19(11-8-18)21(29)12-9-17-5-4-6-20(25)13-17/h4-8,10-11,13,16H,9,12,14-15H2,1-3H3,(H2,26,27)/t24-/m0/s1. The number of guanidine groups is 1. The van der Waals surface area contributed by atoms with Crippen LogP contribution in [0.15, 0.2) is 53.5 Å². The highest BCUT2D eigenvalue weighted by Gasteiger charge is 2.38. The molecule has 0 fully saturated rings. The van der Waals surface area contributed by atoms with Gasteiger partial charge in [-0.15, -0.1) is 0 Å². The van der Waals surface area contributed by atoms with Crippen LogP contribution in [-0.4, -0.2) is 28.1 Å². The van der Waals surface area contributed by atoms with E-state index >= 15 is 0 Å². The Hall–Kier alpha value is -3.02. The average molecular weight is 410 g/mol. The summed E-state index contributed by atoms with van der Waals surface area (Å²) in [7, 11) is 0. The summed E-state index contributed by atoms with van der Waals surface area (Å²) >= 11 is 0. The Balaban J connectivity index is 1.63. The van der Waals surface area contributed by atoms with Gasteiger partial charge in [0.2, 0.25) is 5.91 Å². The highest BCUT2D eigenvalue weighted by atomic mass is 19.1. The number of halogens is 1. The first-order chi connectivity index (χ1) is 14.2. The second-order valence-corrected chi connectivity index (χ2v) is 8.39. The van der Waals surface area contributed by atoms with Gasteiger partial charge in [-0.1, -0.05) is 50.2 Å². The number of hydrogen-bond donors (Lipinski definition) is 1. The zero-order chi connectivity index (χ0) is 21.9. The number of Topliss-reactive ketones (excluding diaryl/α,β-unsaturated/α-hetero) is 1. The van der Waals surface area contributed by atoms with Crippen molar-refractivity contribution in [1.29, 1.82) is 0 Å². The molecule has 30 heavy (non-hydrogen) atoms. The molecule has 3 rings (SSSR count). The largest absolute Gasteiger partial charge is 0.369 e. The van der Waals surface area contributed by atoms with E-state index in [1.54, 1.807) is 18.2 Å². The van der Waals surface area contributed by atoms with Gasteiger partial charge in [0, 0.05) is 12.0 Å². The Morgan fingerprint density at radius 3 is 2.50 bits per heavy atom. The quantitative estimate of drug-likeness (QED) is 0.700. The fourth-order valence-corrected chi connectivity index (χ4v) is 3.47. The lowest BCUT2D eigenvalue weighted by Crippen LogP contribution is -2.51. The molecule has 158 valence electrons. The van der Waals surface area contributed by atoms with Crippen molar-refractivity contribution in [2.75, 3.05) is 0 Å². The van der Waals surface area contributed by atoms with Gasteiger partial charge in [0.05, 0.1) is 18.5 Å². The normalized spacial score (nSPS) is 19.2. The zero-order valence-electron chi connectivity index (χ0n) is 17.7. The van der Waals surface area contributed by atoms with Crippen LogP contribution >= 0.6 is 0 Å². The number of hydrogen-bond acceptors (Lipinski definition) is 4. The maximum absolute atomic E-state index is 13.3. The molecule has 1 aliphatic heterocycles. The smallest absolute Gasteiger partial charge is 0.232 e. The van der Waals surface area contributed by atoms with Crippen LogP contribution < -0.4 is 5.73 Å². The number of ketones is 1. The molecule has 0 radical (unpaired) electrons. The molecule has 0 saturated carbocycles. The maximum atomic E-state index is 13.3. The van der Waals surface area contributed by atoms with E-state index in [1.165, 1.54) is 17.0 Å². The van der Waals surface area contributed by atoms with Crippen molar-refractivity contribution in [3.63, 3.8) is 0 Å². The van der Waals surface area contributed by atoms with E-state index in [2.05, 4.69) is 4.99 Å². The average Bonchev–Trinajstić information content (AvgIpc) is 2.69. The molecule has 2 aromatic carbocycles. The molecule has 1 heterocycles. The Kier molecular flexibility index (Phi) is 6.34. The van der Waals surface area contributed by atoms with Crippen LogP contribution in [0.4, 0.5) is 4.39 Å². The van der Waals surface area contributed by atoms with E-state index in [4.69, 9.17) is 5.73 Å². The van der Waals surface area contributed by atoms with Crippen molar-refractivity contribution in [2.24, 2.45) is 16.6 Å². The molecule has 1 aliphatic rings. The highest BCUT2D eigenvalue weighted by Crippen LogP contribution is 2.30. The maximum Gasteiger partial charge on any atom is 0.232 e. The number of rotatable bonds is 7. The molecule has 0 saturated heterocycles. The lowest BCUT2D eigenvalue weighted by molar-refractivity contribution is -0.130. The van der Waals surface area contributed by atoms with E-state index in [-0.39, 0.29) is 29.4 Å². The summed E-state index contributed by atoms with van der Waals surface area (Å²) in [6.45, 7) is 6.33. The minimum absolute atomic E-state index is 0.00589. The highest BCUT2D eigenvalue weighted by molar-refractivity contribution is 5.99. The first-order valence-corrected chi connectivity index (χ1v) is 10.2. The minimum Gasteiger partial charge on any atom is -0.369 e. The van der Waals surface area contributed by atoms with Crippen molar-refractivity contribution in [3.8, 4) is 0 Å². The third kappa shape index (κ3) is 4.93. The number of aliphatic imine (C=N–C) groups is 1. The molecule has 2 N–H and O–H groups in total. The van der Waals surface area contributed by atoms with E-state index in [0.717, 1.165) is 11.1 Å². The molecular formula is C24H28FN3O2. The number of carbonyl (C=O) groups is 2. The first kappa shape index (κ1) is 21.7. The summed E-state index contributed by atoms with van der Waals surface area (Å²) in [5.74, 6) is 0.0909. The summed E-state index contributed by atoms with van der Waals surface area (Å²) in [6, 6.07) is 13.4. The molecule has 0 unspecified atom stereocenters. The topological polar surface area (TPSA) is 75.8 Å². The number of aryl methyl sites for hydroxylation is 1. The van der Waals surface area contributed by atoms with E-state index < -0.39 is 5.54 Å². The number of carbonyl (C=O) groups excluding carboxylic acids is 2. The van der Waals surface area contributed by atoms with Crippen molar-refractivity contribution >= 4 is 17.6 Å². The van der Waals surface area contributed by atoms with Gasteiger partial charge in [0.1, 0.15) is 5.82 Å². The van der Waals surface area contributed by atoms with E-state index in [1.807, 2.05) is 39.0 Å². The first-order valence-electron chi connectivity index (χ1n) is 10.2. The molecule has 1 amide bonds. The van der Waals surface area contributed by atoms with Gasteiger partial charge in [0.25, 0.3) is 0 Å². The van der Waals surface area contributed by atoms with Crippen molar-refractivity contribution in [1.82, 2.24) is 4.90 Å². The van der Waals surface area contributed by atoms with Crippen molar-refractivity contribution in [2.45, 2.75) is 52.1 Å². The number of amides is 1. The number of benzene rings is 2. The van der Waals surface area contributed by atoms with E-state index in [9.17, 15) is 14.0 Å². The van der Waals surface area contributed by atoms with E-state index in [0.29, 0.717) is 31.4 Å². The summed E-state index contributed by atoms with van der Waals surface area (Å²) in [4.78, 5) is 31.1. The van der Waals surface area contributed by atoms with Gasteiger partial charge in [0.15, 0.2) is 11.7 Å². The van der Waals surface area contributed by atoms with Crippen LogP contribution in [-0.2, 0) is 17.8 Å². The monoisotopic (exact) mass is 409 g/mol. The summed E-state index contributed by atoms with van der Waals surface area (Å²) in [6.07, 6.45) is 1.12. The van der Waals surface area contributed by atoms with Crippen LogP contribution in [0.25, 0.3) is 0 Å². The van der Waals surface area contributed by atoms with Gasteiger partial charge >= 0.3 is 0 Å². The number of nitrogens with two attached hydrogens (primary N) is 1. The zero-order valence-corrected chi connectivity index (χ0v) is 17.7. The molecule has 0 spiro atoms. The van der Waals surface area contributed by atoms with Gasteiger partial charge < -0.3 is 5.73 Å². The molecule has 2 aromatic rings. The lowest BCUT2D eigenvalue weighted by atomic mass is 9.84. The molecule has 0 aliphatic carbocycles. The molecule has 0 aromatic heterocycles. The predicted octanol–water partition coefficient (Wildman–Crippen LogP) is 4.10. The second-order valence-electron chi connectivity index (χ2n) is 8.39. The summed E-state index contributed by atoms with van der Waals surface area (Å²) in [5.41, 5.74) is 7.87. The number of nitrogens with zero attached hydrogens (tertiary/aromatic N) is 2. The van der Waals surface area contributed by atoms with Crippen LogP contribution in [0, 0.1) is 11.7 Å². The molecule has 0 bridgehead atoms. The van der Waals surface area contributed by atoms with Crippen molar-refractivity contribution < 1.29 is 14.0 Å². The Bertz CT molecular complexity index is 969. The SMILES string of the molecule is CC(C)[C@]1(C)CC(=O)N(Cc2ccc(C(=O)CCc3cccc(F)c3)cc2)C(N)=N1. The van der Waals surface area contributed by atoms with Gasteiger partial charge in [-0.2, -0.15) is 0 Å². The lowest BCUT2D eigenvalue weighted by Gasteiger charge is -2.37. The van der Waals surface area contributed by atoms with Gasteiger partial charge in [-0.05, 0) is 42.5 Å². The molecule has 5 nitrogen and oxygen atoms in total. The van der Waals surface area contributed by atoms with Gasteiger partial charge in [-0.3, -0.25) is 14.5 Å². The third-order valence-electron chi connectivity index (χ3n) is 5.85. The summed E-state index contributed by atoms with van der Waals surface area (Å²) < 4.78 is 13.3. The third-order valence-corrected chi connectivity index (χ3v) is 5.85. The van der Waals surface area contributed by atoms with Crippen molar-refractivity contribution in [3.05, 3.63) is 71.0 Å². The molecule has 1 atom stereocenters. The Morgan fingerprint density at radius 2 is 1.90 bits per heavy atom.